The van der Waals surface area contributed by atoms with Gasteiger partial charge in [-0.05, 0) is 24.3 Å². The lowest BCUT2D eigenvalue weighted by molar-refractivity contribution is -0.342. The zero-order valence-electron chi connectivity index (χ0n) is 22.6. The molecule has 0 radical (unpaired) electrons. The van der Waals surface area contributed by atoms with Crippen molar-refractivity contribution in [3.63, 3.8) is 0 Å². The number of benzene rings is 2. The quantitative estimate of drug-likeness (QED) is 0.144. The summed E-state index contributed by atoms with van der Waals surface area (Å²) >= 11 is 0. The second-order valence-corrected chi connectivity index (χ2v) is 10.3. The minimum Gasteiger partial charge on any atom is -0.508 e. The Morgan fingerprint density at radius 2 is 1.49 bits per heavy atom. The van der Waals surface area contributed by atoms with E-state index < -0.39 is 85.6 Å². The Hall–Kier alpha value is -3.35. The normalized spacial score (nSPS) is 33.0. The standard InChI is InChI=1S/C28H32O15/c1-39-14-7-15-18(12(32)6-13(40-15)10-2-4-11(31)5-3-10)21(34)19(14)27-24(37)23(36)26(17(9-30)41-27)43-28-25(38)22(35)20(33)16(8-29)42-28/h2-7,16-17,20,22-31,33-38H,8-9H2,1H3/t16?,17?,20-,22+,23-,24?,25?,26-,27+,28+/m1/s1. The Bertz CT molecular complexity index is 1490. The van der Waals surface area contributed by atoms with Crippen molar-refractivity contribution in [2.75, 3.05) is 20.3 Å². The number of phenolic OH excluding ortho intramolecular Hbond substituents is 2. The van der Waals surface area contributed by atoms with Crippen molar-refractivity contribution in [3.05, 3.63) is 52.2 Å². The van der Waals surface area contributed by atoms with E-state index in [2.05, 4.69) is 0 Å². The van der Waals surface area contributed by atoms with E-state index in [0.717, 1.165) is 6.07 Å². The summed E-state index contributed by atoms with van der Waals surface area (Å²) in [5.41, 5.74) is -0.526. The first kappa shape index (κ1) is 31.1. The van der Waals surface area contributed by atoms with Crippen molar-refractivity contribution in [2.45, 2.75) is 61.2 Å². The van der Waals surface area contributed by atoms with E-state index in [0.29, 0.717) is 5.56 Å². The molecule has 0 aliphatic carbocycles. The van der Waals surface area contributed by atoms with Gasteiger partial charge in [0.25, 0.3) is 0 Å². The van der Waals surface area contributed by atoms with Gasteiger partial charge in [0, 0.05) is 17.7 Å². The van der Waals surface area contributed by atoms with Crippen LogP contribution in [-0.4, -0.2) is 121 Å². The third-order valence-corrected chi connectivity index (χ3v) is 7.65. The van der Waals surface area contributed by atoms with Crippen molar-refractivity contribution in [2.24, 2.45) is 0 Å². The smallest absolute Gasteiger partial charge is 0.197 e. The fourth-order valence-corrected chi connectivity index (χ4v) is 5.33. The number of aliphatic hydroxyl groups excluding tert-OH is 7. The Morgan fingerprint density at radius 3 is 2.12 bits per heavy atom. The fourth-order valence-electron chi connectivity index (χ4n) is 5.33. The van der Waals surface area contributed by atoms with Crippen molar-refractivity contribution >= 4 is 11.0 Å². The van der Waals surface area contributed by atoms with Crippen molar-refractivity contribution in [1.82, 2.24) is 0 Å². The molecule has 0 spiro atoms. The first-order valence-electron chi connectivity index (χ1n) is 13.3. The molecule has 1 aromatic heterocycles. The Morgan fingerprint density at radius 1 is 0.814 bits per heavy atom. The van der Waals surface area contributed by atoms with Crippen LogP contribution < -0.4 is 10.2 Å². The molecule has 0 saturated carbocycles. The van der Waals surface area contributed by atoms with Gasteiger partial charge < -0.3 is 69.3 Å². The van der Waals surface area contributed by atoms with E-state index in [1.54, 1.807) is 0 Å². The van der Waals surface area contributed by atoms with E-state index >= 15 is 0 Å². The summed E-state index contributed by atoms with van der Waals surface area (Å²) in [5, 5.41) is 92.6. The molecule has 4 unspecified atom stereocenters. The van der Waals surface area contributed by atoms with Crippen molar-refractivity contribution in [1.29, 1.82) is 0 Å². The molecular formula is C28H32O15. The van der Waals surface area contributed by atoms with Gasteiger partial charge in [-0.2, -0.15) is 0 Å². The lowest BCUT2D eigenvalue weighted by Gasteiger charge is -2.46. The number of hydrogen-bond acceptors (Lipinski definition) is 15. The predicted molar refractivity (Wildman–Crippen MR) is 143 cm³/mol. The predicted octanol–water partition coefficient (Wildman–Crippen LogP) is -1.78. The molecule has 2 aliphatic rings. The average Bonchev–Trinajstić information content (AvgIpc) is 2.99. The SMILES string of the molecule is COc1cc2oc(-c3ccc(O)cc3)cc(=O)c2c(O)c1[C@@H]1OC(CO)[C@@H](O[C@@H]2OC(CO)[C@@H](O)[C@H](O)C2O)[C@H](O)C1O. The number of aromatic hydroxyl groups is 2. The first-order valence-corrected chi connectivity index (χ1v) is 13.3. The van der Waals surface area contributed by atoms with Crippen LogP contribution in [0.4, 0.5) is 0 Å². The Kier molecular flexibility index (Phi) is 8.92. The zero-order chi connectivity index (χ0) is 31.2. The Balaban J connectivity index is 1.49. The summed E-state index contributed by atoms with van der Waals surface area (Å²) in [4.78, 5) is 13.2. The second-order valence-electron chi connectivity index (χ2n) is 10.3. The lowest BCUT2D eigenvalue weighted by atomic mass is 9.89. The van der Waals surface area contributed by atoms with Crippen LogP contribution in [0, 0.1) is 0 Å². The molecule has 2 fully saturated rings. The van der Waals surface area contributed by atoms with Gasteiger partial charge in [0.05, 0.1) is 25.9 Å². The number of methoxy groups -OCH3 is 1. The molecule has 3 heterocycles. The summed E-state index contributed by atoms with van der Waals surface area (Å²) in [7, 11) is 1.24. The van der Waals surface area contributed by atoms with Crippen LogP contribution in [0.25, 0.3) is 22.3 Å². The summed E-state index contributed by atoms with van der Waals surface area (Å²) in [6, 6.07) is 8.26. The van der Waals surface area contributed by atoms with E-state index in [9.17, 15) is 50.8 Å². The third kappa shape index (κ3) is 5.56. The molecule has 0 amide bonds. The molecule has 2 saturated heterocycles. The first-order chi connectivity index (χ1) is 20.5. The van der Waals surface area contributed by atoms with Gasteiger partial charge in [-0.15, -0.1) is 0 Å². The van der Waals surface area contributed by atoms with Crippen LogP contribution in [0.3, 0.4) is 0 Å². The van der Waals surface area contributed by atoms with E-state index in [4.69, 9.17) is 23.4 Å². The summed E-state index contributed by atoms with van der Waals surface area (Å²) in [6.07, 6.45) is -16.7. The topological polar surface area (TPSA) is 249 Å². The van der Waals surface area contributed by atoms with Crippen LogP contribution >= 0.6 is 0 Å². The summed E-state index contributed by atoms with van der Waals surface area (Å²) in [5.74, 6) is -0.644. The highest BCUT2D eigenvalue weighted by atomic mass is 16.7. The van der Waals surface area contributed by atoms with E-state index in [1.165, 1.54) is 37.4 Å². The monoisotopic (exact) mass is 608 g/mol. The maximum absolute atomic E-state index is 13.2. The summed E-state index contributed by atoms with van der Waals surface area (Å²) in [6.45, 7) is -1.55. The molecule has 2 aliphatic heterocycles. The molecule has 5 rings (SSSR count). The molecule has 15 heteroatoms. The molecule has 234 valence electrons. The maximum Gasteiger partial charge on any atom is 0.197 e. The van der Waals surface area contributed by atoms with Gasteiger partial charge in [-0.25, -0.2) is 0 Å². The molecule has 10 atom stereocenters. The number of phenols is 2. The van der Waals surface area contributed by atoms with Gasteiger partial charge >= 0.3 is 0 Å². The zero-order valence-corrected chi connectivity index (χ0v) is 22.6. The minimum absolute atomic E-state index is 0.00563. The highest BCUT2D eigenvalue weighted by Gasteiger charge is 2.51. The third-order valence-electron chi connectivity index (χ3n) is 7.65. The highest BCUT2D eigenvalue weighted by Crippen LogP contribution is 2.45. The average molecular weight is 609 g/mol. The molecule has 0 bridgehead atoms. The minimum atomic E-state index is -1.88. The van der Waals surface area contributed by atoms with Gasteiger partial charge in [0.1, 0.15) is 88.9 Å². The number of hydrogen-bond donors (Lipinski definition) is 9. The summed E-state index contributed by atoms with van der Waals surface area (Å²) < 4.78 is 28.0. The van der Waals surface area contributed by atoms with Crippen LogP contribution in [-0.2, 0) is 14.2 Å². The molecule has 9 N–H and O–H groups in total. The lowest BCUT2D eigenvalue weighted by Crippen LogP contribution is -2.63. The molecular weight excluding hydrogens is 576 g/mol. The molecule has 3 aromatic rings. The number of aliphatic hydroxyl groups is 7. The molecule has 15 nitrogen and oxygen atoms in total. The maximum atomic E-state index is 13.2. The van der Waals surface area contributed by atoms with Crippen LogP contribution in [0.1, 0.15) is 11.7 Å². The van der Waals surface area contributed by atoms with Gasteiger partial charge in [0.15, 0.2) is 11.7 Å². The van der Waals surface area contributed by atoms with E-state index in [-0.39, 0.29) is 33.8 Å². The van der Waals surface area contributed by atoms with Gasteiger partial charge in [-0.3, -0.25) is 4.79 Å². The van der Waals surface area contributed by atoms with E-state index in [1.807, 2.05) is 0 Å². The molecule has 43 heavy (non-hydrogen) atoms. The van der Waals surface area contributed by atoms with Gasteiger partial charge in [-0.1, -0.05) is 0 Å². The second kappa shape index (κ2) is 12.3. The number of rotatable bonds is 7. The largest absolute Gasteiger partial charge is 0.508 e. The number of fused-ring (bicyclic) bond motifs is 1. The van der Waals surface area contributed by atoms with Crippen LogP contribution in [0.2, 0.25) is 0 Å². The van der Waals surface area contributed by atoms with Gasteiger partial charge in [0.2, 0.25) is 0 Å². The van der Waals surface area contributed by atoms with Crippen LogP contribution in [0.5, 0.6) is 17.2 Å². The fraction of sp³-hybridized carbons (Fsp3) is 0.464. The van der Waals surface area contributed by atoms with Crippen molar-refractivity contribution in [3.8, 4) is 28.6 Å². The molecule has 2 aromatic carbocycles. The Labute approximate surface area is 242 Å². The van der Waals surface area contributed by atoms with Crippen LogP contribution in [0.15, 0.2) is 45.6 Å². The van der Waals surface area contributed by atoms with Crippen molar-refractivity contribution < 1.29 is 69.3 Å². The number of ether oxygens (including phenoxy) is 4. The highest BCUT2D eigenvalue weighted by molar-refractivity contribution is 5.88.